The number of carbonyl (C=O) groups is 1. The quantitative estimate of drug-likeness (QED) is 0.0951. The molecule has 2 aromatic heterocycles. The molecule has 1 unspecified atom stereocenters. The molecular weight excluding hydrogens is 687 g/mol. The highest BCUT2D eigenvalue weighted by Crippen LogP contribution is 2.35. The summed E-state index contributed by atoms with van der Waals surface area (Å²) in [5.74, 6) is 0.561. The molecule has 1 fully saturated rings. The Balaban J connectivity index is 1.40. The molecule has 1 saturated heterocycles. The Labute approximate surface area is 318 Å². The lowest BCUT2D eigenvalue weighted by Gasteiger charge is -2.27. The van der Waals surface area contributed by atoms with Crippen molar-refractivity contribution in [2.75, 3.05) is 29.3 Å². The summed E-state index contributed by atoms with van der Waals surface area (Å²) >= 11 is 1.25. The molecule has 1 aliphatic heterocycles. The lowest BCUT2D eigenvalue weighted by atomic mass is 9.88. The van der Waals surface area contributed by atoms with Gasteiger partial charge < -0.3 is 24.8 Å². The van der Waals surface area contributed by atoms with Gasteiger partial charge in [-0.05, 0) is 92.6 Å². The van der Waals surface area contributed by atoms with Crippen LogP contribution < -0.4 is 19.7 Å². The number of nitrogens with zero attached hydrogens (tertiary/aromatic N) is 5. The molecule has 0 aliphatic carbocycles. The third-order valence-electron chi connectivity index (χ3n) is 9.17. The largest absolute Gasteiger partial charge is 0.478 e. The number of hydrogen-bond acceptors (Lipinski definition) is 11. The van der Waals surface area contributed by atoms with Crippen molar-refractivity contribution in [1.29, 1.82) is 0 Å². The summed E-state index contributed by atoms with van der Waals surface area (Å²) in [6.45, 7) is 22.7. The van der Waals surface area contributed by atoms with Crippen LogP contribution in [0.1, 0.15) is 94.2 Å². The maximum atomic E-state index is 11.6. The summed E-state index contributed by atoms with van der Waals surface area (Å²) in [6, 6.07) is 12.9. The fraction of sp³-hybridized carbons (Fsp3) is 0.488. The Bertz CT molecular complexity index is 1860. The van der Waals surface area contributed by atoms with Gasteiger partial charge in [0.15, 0.2) is 0 Å². The Hall–Kier alpha value is -4.26. The van der Waals surface area contributed by atoms with Gasteiger partial charge in [0.2, 0.25) is 11.8 Å². The predicted octanol–water partition coefficient (Wildman–Crippen LogP) is 8.50. The van der Waals surface area contributed by atoms with E-state index < -0.39 is 5.97 Å². The minimum Gasteiger partial charge on any atom is -0.478 e. The number of carboxylic acid groups (broad SMARTS) is 1. The van der Waals surface area contributed by atoms with Gasteiger partial charge in [-0.2, -0.15) is 4.98 Å². The SMILES string of the molecule is Cc1cccc(COC(C)C)c1-c1nc(NSc2cccc(C(=O)O)c2)nc(OCC(CC(C)(C)C)NCc2ncc(N3CCC(C)(C)C3)cn2)c1C. The molecule has 3 N–H and O–H groups in total. The second kappa shape index (κ2) is 17.3. The number of aryl methyl sites for hydroxylation is 1. The molecule has 5 rings (SSSR count). The highest BCUT2D eigenvalue weighted by Gasteiger charge is 2.30. The number of anilines is 2. The van der Waals surface area contributed by atoms with Gasteiger partial charge >= 0.3 is 5.97 Å². The Morgan fingerprint density at radius 3 is 2.47 bits per heavy atom. The predicted molar refractivity (Wildman–Crippen MR) is 213 cm³/mol. The van der Waals surface area contributed by atoms with E-state index in [1.807, 2.05) is 45.3 Å². The first-order valence-electron chi connectivity index (χ1n) is 18.3. The minimum absolute atomic E-state index is 0.0199. The smallest absolute Gasteiger partial charge is 0.335 e. The molecule has 0 spiro atoms. The first-order chi connectivity index (χ1) is 25.1. The monoisotopic (exact) mass is 741 g/mol. The molecule has 0 radical (unpaired) electrons. The zero-order chi connectivity index (χ0) is 38.3. The minimum atomic E-state index is -0.985. The van der Waals surface area contributed by atoms with E-state index in [2.05, 4.69) is 68.6 Å². The first kappa shape index (κ1) is 39.9. The fourth-order valence-electron chi connectivity index (χ4n) is 6.45. The van der Waals surface area contributed by atoms with Crippen molar-refractivity contribution in [3.63, 3.8) is 0 Å². The van der Waals surface area contributed by atoms with Crippen LogP contribution >= 0.6 is 11.9 Å². The molecule has 1 aliphatic rings. The van der Waals surface area contributed by atoms with Gasteiger partial charge in [0.25, 0.3) is 0 Å². The summed E-state index contributed by atoms with van der Waals surface area (Å²) in [5, 5.41) is 13.2. The zero-order valence-corrected chi connectivity index (χ0v) is 33.4. The second-order valence-electron chi connectivity index (χ2n) is 16.2. The van der Waals surface area contributed by atoms with E-state index in [1.54, 1.807) is 18.2 Å². The molecule has 3 heterocycles. The van der Waals surface area contributed by atoms with Crippen LogP contribution in [0.25, 0.3) is 11.3 Å². The summed E-state index contributed by atoms with van der Waals surface area (Å²) in [5.41, 5.74) is 6.20. The number of benzene rings is 2. The highest BCUT2D eigenvalue weighted by molar-refractivity contribution is 8.00. The number of ether oxygens (including phenoxy) is 2. The standard InChI is InChI=1S/C41H55N7O4S/c1-26(2)51-23-30-14-10-12-27(3)35(30)36-28(4)37(46-39(45-36)47-53-33-15-11-13-29(18-33)38(49)50)52-24-31(19-40(5,6)7)42-22-34-43-20-32(21-44-34)48-17-16-41(8,9)25-48/h10-15,18,20-21,26,31,42H,16-17,19,22-25H2,1-9H3,(H,49,50)(H,45,46,47). The topological polar surface area (TPSA) is 135 Å². The van der Waals surface area contributed by atoms with E-state index in [0.29, 0.717) is 41.9 Å². The van der Waals surface area contributed by atoms with Crippen molar-refractivity contribution in [2.24, 2.45) is 10.8 Å². The van der Waals surface area contributed by atoms with Gasteiger partial charge in [-0.15, -0.1) is 0 Å². The number of hydrogen-bond donors (Lipinski definition) is 3. The van der Waals surface area contributed by atoms with Gasteiger partial charge in [-0.25, -0.2) is 19.7 Å². The van der Waals surface area contributed by atoms with Gasteiger partial charge in [0.1, 0.15) is 12.4 Å². The lowest BCUT2D eigenvalue weighted by molar-refractivity contribution is 0.0659. The van der Waals surface area contributed by atoms with Gasteiger partial charge in [-0.1, -0.05) is 58.9 Å². The van der Waals surface area contributed by atoms with Gasteiger partial charge in [0.05, 0.1) is 48.6 Å². The number of aromatic nitrogens is 4. The van der Waals surface area contributed by atoms with E-state index >= 15 is 0 Å². The van der Waals surface area contributed by atoms with Crippen molar-refractivity contribution in [3.8, 4) is 17.1 Å². The Morgan fingerprint density at radius 2 is 1.81 bits per heavy atom. The number of carboxylic acids is 1. The molecule has 11 nitrogen and oxygen atoms in total. The third kappa shape index (κ3) is 11.4. The van der Waals surface area contributed by atoms with Crippen LogP contribution in [0.2, 0.25) is 0 Å². The summed E-state index contributed by atoms with van der Waals surface area (Å²) in [4.78, 5) is 33.9. The number of rotatable bonds is 16. The van der Waals surface area contributed by atoms with Crippen LogP contribution in [0.3, 0.4) is 0 Å². The average molecular weight is 742 g/mol. The molecular formula is C41H55N7O4S. The van der Waals surface area contributed by atoms with Crippen molar-refractivity contribution >= 4 is 29.6 Å². The first-order valence-corrected chi connectivity index (χ1v) is 19.2. The Kier molecular flexibility index (Phi) is 13.0. The molecule has 12 heteroatoms. The molecule has 284 valence electrons. The number of nitrogens with one attached hydrogen (secondary N) is 2. The maximum Gasteiger partial charge on any atom is 0.335 e. The van der Waals surface area contributed by atoms with Crippen molar-refractivity contribution < 1.29 is 19.4 Å². The van der Waals surface area contributed by atoms with Crippen LogP contribution in [0.15, 0.2) is 59.8 Å². The molecule has 0 saturated carbocycles. The van der Waals surface area contributed by atoms with Crippen LogP contribution in [-0.4, -0.2) is 62.9 Å². The van der Waals surface area contributed by atoms with Crippen LogP contribution in [0.4, 0.5) is 11.6 Å². The maximum absolute atomic E-state index is 11.6. The van der Waals surface area contributed by atoms with Gasteiger partial charge in [0, 0.05) is 35.2 Å². The number of aromatic carboxylic acids is 1. The second-order valence-corrected chi connectivity index (χ2v) is 17.1. The van der Waals surface area contributed by atoms with E-state index in [0.717, 1.165) is 65.4 Å². The fourth-order valence-corrected chi connectivity index (χ4v) is 7.08. The van der Waals surface area contributed by atoms with Crippen LogP contribution in [0, 0.1) is 24.7 Å². The van der Waals surface area contributed by atoms with E-state index in [1.165, 1.54) is 11.9 Å². The lowest BCUT2D eigenvalue weighted by Crippen LogP contribution is -2.38. The Morgan fingerprint density at radius 1 is 1.08 bits per heavy atom. The molecule has 0 bridgehead atoms. The molecule has 2 aromatic carbocycles. The molecule has 53 heavy (non-hydrogen) atoms. The van der Waals surface area contributed by atoms with E-state index in [9.17, 15) is 9.90 Å². The van der Waals surface area contributed by atoms with Crippen molar-refractivity contribution in [2.45, 2.75) is 105 Å². The third-order valence-corrected chi connectivity index (χ3v) is 9.95. The normalized spacial score (nSPS) is 14.8. The molecule has 1 atom stereocenters. The van der Waals surface area contributed by atoms with E-state index in [-0.39, 0.29) is 23.1 Å². The van der Waals surface area contributed by atoms with Crippen molar-refractivity contribution in [3.05, 3.63) is 82.9 Å². The average Bonchev–Trinajstić information content (AvgIpc) is 3.47. The van der Waals surface area contributed by atoms with Gasteiger partial charge in [-0.3, -0.25) is 4.72 Å². The van der Waals surface area contributed by atoms with Crippen LogP contribution in [-0.2, 0) is 17.9 Å². The molecule has 4 aromatic rings. The summed E-state index contributed by atoms with van der Waals surface area (Å²) < 4.78 is 15.9. The summed E-state index contributed by atoms with van der Waals surface area (Å²) in [7, 11) is 0. The zero-order valence-electron chi connectivity index (χ0n) is 32.6. The van der Waals surface area contributed by atoms with E-state index in [4.69, 9.17) is 29.4 Å². The summed E-state index contributed by atoms with van der Waals surface area (Å²) in [6.07, 6.45) is 5.94. The van der Waals surface area contributed by atoms with Crippen LogP contribution in [0.5, 0.6) is 5.88 Å². The molecule has 0 amide bonds. The highest BCUT2D eigenvalue weighted by atomic mass is 32.2. The van der Waals surface area contributed by atoms with Crippen molar-refractivity contribution in [1.82, 2.24) is 25.3 Å².